The summed E-state index contributed by atoms with van der Waals surface area (Å²) in [6.45, 7) is 6.48. The van der Waals surface area contributed by atoms with Gasteiger partial charge in [0.15, 0.2) is 0 Å². The molecule has 4 nitrogen and oxygen atoms in total. The van der Waals surface area contributed by atoms with E-state index in [1.165, 1.54) is 27.7 Å². The molecule has 0 saturated heterocycles. The van der Waals surface area contributed by atoms with Crippen molar-refractivity contribution in [2.24, 2.45) is 0 Å². The fourth-order valence-corrected chi connectivity index (χ4v) is 3.92. The SMILES string of the molecule is Cc1ccc(CC(C)n2c3c(c4cnccc42)CCN(C)C3)cn1. The van der Waals surface area contributed by atoms with Crippen molar-refractivity contribution < 1.29 is 0 Å². The van der Waals surface area contributed by atoms with Gasteiger partial charge in [0.25, 0.3) is 0 Å². The molecule has 0 N–H and O–H groups in total. The van der Waals surface area contributed by atoms with Gasteiger partial charge in [-0.15, -0.1) is 0 Å². The second kappa shape index (κ2) is 6.02. The maximum atomic E-state index is 4.45. The molecule has 4 heterocycles. The lowest BCUT2D eigenvalue weighted by Gasteiger charge is -2.27. The van der Waals surface area contributed by atoms with Crippen LogP contribution in [0.4, 0.5) is 0 Å². The topological polar surface area (TPSA) is 34.0 Å². The third-order valence-corrected chi connectivity index (χ3v) is 5.13. The predicted molar refractivity (Wildman–Crippen MR) is 97.2 cm³/mol. The zero-order chi connectivity index (χ0) is 16.7. The first-order chi connectivity index (χ1) is 11.6. The van der Waals surface area contributed by atoms with Crippen LogP contribution in [-0.2, 0) is 19.4 Å². The zero-order valence-electron chi connectivity index (χ0n) is 14.7. The molecule has 4 heteroatoms. The highest BCUT2D eigenvalue weighted by Crippen LogP contribution is 2.33. The van der Waals surface area contributed by atoms with Crippen molar-refractivity contribution in [2.75, 3.05) is 13.6 Å². The van der Waals surface area contributed by atoms with Crippen molar-refractivity contribution in [1.29, 1.82) is 0 Å². The van der Waals surface area contributed by atoms with Crippen LogP contribution in [0.1, 0.15) is 35.5 Å². The van der Waals surface area contributed by atoms with Crippen molar-refractivity contribution >= 4 is 10.9 Å². The molecule has 0 aromatic carbocycles. The number of likely N-dealkylation sites (N-methyl/N-ethyl adjacent to an activating group) is 1. The van der Waals surface area contributed by atoms with Gasteiger partial charge in [-0.1, -0.05) is 6.07 Å². The first-order valence-electron chi connectivity index (χ1n) is 8.69. The van der Waals surface area contributed by atoms with E-state index in [0.29, 0.717) is 6.04 Å². The molecule has 1 aliphatic rings. The summed E-state index contributed by atoms with van der Waals surface area (Å²) in [6, 6.07) is 6.86. The third kappa shape index (κ3) is 2.61. The standard InChI is InChI=1S/C20H24N4/c1-14-4-5-16(11-22-14)10-15(2)24-19-6-8-21-12-18(19)17-7-9-23(3)13-20(17)24/h4-6,8,11-12,15H,7,9-10,13H2,1-3H3. The van der Waals surface area contributed by atoms with E-state index < -0.39 is 0 Å². The summed E-state index contributed by atoms with van der Waals surface area (Å²) >= 11 is 0. The lowest BCUT2D eigenvalue weighted by Crippen LogP contribution is -2.28. The van der Waals surface area contributed by atoms with Crippen LogP contribution in [-0.4, -0.2) is 33.0 Å². The van der Waals surface area contributed by atoms with Gasteiger partial charge in [0.05, 0.1) is 5.52 Å². The third-order valence-electron chi connectivity index (χ3n) is 5.13. The van der Waals surface area contributed by atoms with Gasteiger partial charge >= 0.3 is 0 Å². The number of hydrogen-bond acceptors (Lipinski definition) is 3. The van der Waals surface area contributed by atoms with E-state index in [9.17, 15) is 0 Å². The van der Waals surface area contributed by atoms with Crippen LogP contribution < -0.4 is 0 Å². The minimum absolute atomic E-state index is 0.398. The molecular weight excluding hydrogens is 296 g/mol. The maximum absolute atomic E-state index is 4.45. The molecule has 0 spiro atoms. The van der Waals surface area contributed by atoms with Crippen molar-refractivity contribution in [3.05, 3.63) is 59.3 Å². The van der Waals surface area contributed by atoms with Crippen molar-refractivity contribution in [3.8, 4) is 0 Å². The molecule has 1 aliphatic heterocycles. The van der Waals surface area contributed by atoms with Crippen LogP contribution in [0.2, 0.25) is 0 Å². The number of pyridine rings is 2. The number of aryl methyl sites for hydroxylation is 1. The van der Waals surface area contributed by atoms with E-state index in [4.69, 9.17) is 0 Å². The van der Waals surface area contributed by atoms with Crippen LogP contribution in [0.5, 0.6) is 0 Å². The Morgan fingerprint density at radius 1 is 1.21 bits per heavy atom. The van der Waals surface area contributed by atoms with Gasteiger partial charge in [0, 0.05) is 54.5 Å². The van der Waals surface area contributed by atoms with Crippen LogP contribution >= 0.6 is 0 Å². The van der Waals surface area contributed by atoms with Crippen molar-refractivity contribution in [3.63, 3.8) is 0 Å². The summed E-state index contributed by atoms with van der Waals surface area (Å²) in [6.07, 6.45) is 8.07. The molecule has 1 atom stereocenters. The van der Waals surface area contributed by atoms with Gasteiger partial charge in [-0.2, -0.15) is 0 Å². The highest BCUT2D eigenvalue weighted by Gasteiger charge is 2.24. The molecule has 0 bridgehead atoms. The Hall–Kier alpha value is -2.20. The molecule has 0 radical (unpaired) electrons. The first-order valence-corrected chi connectivity index (χ1v) is 8.69. The lowest BCUT2D eigenvalue weighted by atomic mass is 10.0. The number of aromatic nitrogens is 3. The van der Waals surface area contributed by atoms with Crippen molar-refractivity contribution in [2.45, 2.75) is 39.3 Å². The van der Waals surface area contributed by atoms with Gasteiger partial charge in [0.2, 0.25) is 0 Å². The average Bonchev–Trinajstić information content (AvgIpc) is 2.90. The quantitative estimate of drug-likeness (QED) is 0.740. The molecule has 24 heavy (non-hydrogen) atoms. The summed E-state index contributed by atoms with van der Waals surface area (Å²) in [5.74, 6) is 0. The van der Waals surface area contributed by atoms with Gasteiger partial charge in [-0.05, 0) is 57.0 Å². The Labute approximate surface area is 143 Å². The second-order valence-corrected chi connectivity index (χ2v) is 7.04. The monoisotopic (exact) mass is 320 g/mol. The first kappa shape index (κ1) is 15.3. The second-order valence-electron chi connectivity index (χ2n) is 7.04. The highest BCUT2D eigenvalue weighted by molar-refractivity contribution is 5.85. The molecular formula is C20H24N4. The minimum atomic E-state index is 0.398. The molecule has 3 aromatic heterocycles. The molecule has 1 unspecified atom stereocenters. The lowest BCUT2D eigenvalue weighted by molar-refractivity contribution is 0.299. The van der Waals surface area contributed by atoms with Crippen LogP contribution in [0.3, 0.4) is 0 Å². The Bertz CT molecular complexity index is 863. The normalized spacial score (nSPS) is 16.3. The Morgan fingerprint density at radius 3 is 2.88 bits per heavy atom. The summed E-state index contributed by atoms with van der Waals surface area (Å²) < 4.78 is 2.53. The van der Waals surface area contributed by atoms with Gasteiger partial charge < -0.3 is 9.47 Å². The maximum Gasteiger partial charge on any atom is 0.0519 e. The largest absolute Gasteiger partial charge is 0.340 e. The van der Waals surface area contributed by atoms with Crippen molar-refractivity contribution in [1.82, 2.24) is 19.4 Å². The summed E-state index contributed by atoms with van der Waals surface area (Å²) in [7, 11) is 2.21. The molecule has 3 aromatic rings. The summed E-state index contributed by atoms with van der Waals surface area (Å²) in [5, 5.41) is 1.33. The van der Waals surface area contributed by atoms with Gasteiger partial charge in [-0.3, -0.25) is 9.97 Å². The number of hydrogen-bond donors (Lipinski definition) is 0. The summed E-state index contributed by atoms with van der Waals surface area (Å²) in [5.41, 5.74) is 6.63. The molecule has 0 saturated carbocycles. The number of rotatable bonds is 3. The van der Waals surface area contributed by atoms with Crippen LogP contribution in [0.15, 0.2) is 36.8 Å². The van der Waals surface area contributed by atoms with Gasteiger partial charge in [-0.25, -0.2) is 0 Å². The van der Waals surface area contributed by atoms with Gasteiger partial charge in [0.1, 0.15) is 0 Å². The van der Waals surface area contributed by atoms with Crippen LogP contribution in [0.25, 0.3) is 10.9 Å². The fourth-order valence-electron chi connectivity index (χ4n) is 3.92. The van der Waals surface area contributed by atoms with E-state index in [1.807, 2.05) is 25.5 Å². The Balaban J connectivity index is 1.77. The van der Waals surface area contributed by atoms with E-state index in [0.717, 1.165) is 31.6 Å². The zero-order valence-corrected chi connectivity index (χ0v) is 14.7. The van der Waals surface area contributed by atoms with E-state index in [1.54, 1.807) is 0 Å². The number of fused-ring (bicyclic) bond motifs is 3. The van der Waals surface area contributed by atoms with E-state index in [-0.39, 0.29) is 0 Å². The summed E-state index contributed by atoms with van der Waals surface area (Å²) in [4.78, 5) is 11.2. The minimum Gasteiger partial charge on any atom is -0.340 e. The highest BCUT2D eigenvalue weighted by atomic mass is 15.1. The molecule has 0 amide bonds. The smallest absolute Gasteiger partial charge is 0.0519 e. The predicted octanol–water partition coefficient (Wildman–Crippen LogP) is 3.53. The fraction of sp³-hybridized carbons (Fsp3) is 0.400. The van der Waals surface area contributed by atoms with E-state index in [2.05, 4.69) is 51.6 Å². The Kier molecular flexibility index (Phi) is 3.85. The molecule has 124 valence electrons. The van der Waals surface area contributed by atoms with Crippen LogP contribution in [0, 0.1) is 6.92 Å². The molecule has 4 rings (SSSR count). The average molecular weight is 320 g/mol. The Morgan fingerprint density at radius 2 is 2.08 bits per heavy atom. The molecule has 0 aliphatic carbocycles. The van der Waals surface area contributed by atoms with E-state index >= 15 is 0 Å². The number of nitrogens with zero attached hydrogens (tertiary/aromatic N) is 4. The molecule has 0 fully saturated rings.